The molecule has 0 bridgehead atoms. The van der Waals surface area contributed by atoms with Gasteiger partial charge in [0.2, 0.25) is 11.8 Å². The van der Waals surface area contributed by atoms with Crippen LogP contribution in [0, 0.1) is 0 Å². The zero-order chi connectivity index (χ0) is 29.6. The van der Waals surface area contributed by atoms with E-state index in [0.29, 0.717) is 53.3 Å². The van der Waals surface area contributed by atoms with E-state index in [0.717, 1.165) is 4.31 Å². The minimum atomic E-state index is -4.22. The molecule has 0 spiro atoms. The van der Waals surface area contributed by atoms with Gasteiger partial charge in [-0.05, 0) is 49.7 Å². The molecular weight excluding hydrogens is 589 g/mol. The fraction of sp³-hybridized carbons (Fsp3) is 0.310. The summed E-state index contributed by atoms with van der Waals surface area (Å²) in [6, 6.07) is 16.5. The van der Waals surface area contributed by atoms with Crippen molar-refractivity contribution in [3.8, 4) is 11.5 Å². The third-order valence-corrected chi connectivity index (χ3v) is 9.03. The molecule has 0 aromatic heterocycles. The molecule has 1 heterocycles. The molecule has 2 amide bonds. The third kappa shape index (κ3) is 7.06. The summed E-state index contributed by atoms with van der Waals surface area (Å²) >= 11 is 12.8. The summed E-state index contributed by atoms with van der Waals surface area (Å²) in [5.41, 5.74) is 0.640. The fourth-order valence-electron chi connectivity index (χ4n) is 4.27. The molecule has 0 fully saturated rings. The van der Waals surface area contributed by atoms with E-state index < -0.39 is 28.5 Å². The molecule has 12 heteroatoms. The Morgan fingerprint density at radius 3 is 2.27 bits per heavy atom. The monoisotopic (exact) mass is 619 g/mol. The molecule has 1 aliphatic heterocycles. The molecule has 0 saturated carbocycles. The summed E-state index contributed by atoms with van der Waals surface area (Å²) in [7, 11) is -4.22. The number of halogens is 2. The minimum absolute atomic E-state index is 0.00266. The van der Waals surface area contributed by atoms with Gasteiger partial charge >= 0.3 is 0 Å². The zero-order valence-corrected chi connectivity index (χ0v) is 25.0. The summed E-state index contributed by atoms with van der Waals surface area (Å²) < 4.78 is 40.1. The van der Waals surface area contributed by atoms with Crippen LogP contribution in [-0.2, 0) is 26.2 Å². The number of rotatable bonds is 11. The maximum atomic E-state index is 14.0. The lowest BCUT2D eigenvalue weighted by Gasteiger charge is -2.32. The average Bonchev–Trinajstić information content (AvgIpc) is 2.98. The molecule has 0 aliphatic carbocycles. The van der Waals surface area contributed by atoms with Gasteiger partial charge in [0.1, 0.15) is 25.8 Å². The van der Waals surface area contributed by atoms with Crippen molar-refractivity contribution in [2.45, 2.75) is 37.8 Å². The molecule has 0 unspecified atom stereocenters. The Kier molecular flexibility index (Phi) is 10.0. The Morgan fingerprint density at radius 2 is 1.61 bits per heavy atom. The highest BCUT2D eigenvalue weighted by Gasteiger charge is 2.33. The number of hydrogen-bond acceptors (Lipinski definition) is 6. The van der Waals surface area contributed by atoms with E-state index in [1.807, 2.05) is 6.92 Å². The number of carbonyl (C=O) groups is 2. The summed E-state index contributed by atoms with van der Waals surface area (Å²) in [4.78, 5) is 28.3. The lowest BCUT2D eigenvalue weighted by molar-refractivity contribution is -0.139. The molecule has 9 nitrogen and oxygen atoms in total. The highest BCUT2D eigenvalue weighted by Crippen LogP contribution is 2.36. The number of hydrogen-bond donors (Lipinski definition) is 1. The van der Waals surface area contributed by atoms with E-state index in [9.17, 15) is 18.0 Å². The number of sulfonamides is 1. The normalized spacial score (nSPS) is 13.3. The number of anilines is 1. The van der Waals surface area contributed by atoms with Gasteiger partial charge in [-0.15, -0.1) is 0 Å². The topological polar surface area (TPSA) is 105 Å². The van der Waals surface area contributed by atoms with Crippen LogP contribution >= 0.6 is 23.2 Å². The van der Waals surface area contributed by atoms with E-state index in [4.69, 9.17) is 32.7 Å². The summed E-state index contributed by atoms with van der Waals surface area (Å²) in [6.07, 6.45) is 0.704. The van der Waals surface area contributed by atoms with Gasteiger partial charge < -0.3 is 19.7 Å². The predicted octanol–water partition coefficient (Wildman–Crippen LogP) is 4.90. The molecule has 1 aliphatic rings. The van der Waals surface area contributed by atoms with Gasteiger partial charge in [-0.25, -0.2) is 8.42 Å². The Morgan fingerprint density at radius 1 is 0.951 bits per heavy atom. The first-order valence-electron chi connectivity index (χ1n) is 13.1. The van der Waals surface area contributed by atoms with Crippen molar-refractivity contribution in [1.29, 1.82) is 0 Å². The molecule has 3 aromatic carbocycles. The van der Waals surface area contributed by atoms with Crippen molar-refractivity contribution in [1.82, 2.24) is 10.2 Å². The zero-order valence-electron chi connectivity index (χ0n) is 22.7. The van der Waals surface area contributed by atoms with Crippen molar-refractivity contribution >= 4 is 50.7 Å². The standard InChI is InChI=1S/C29H31Cl2N3O6S/c1-3-14-32-29(36)20(2)33(18-23-24(30)10-7-11-25(23)31)28(35)19-34(41(37,38)22-8-5-4-6-9-22)21-12-13-26-27(17-21)40-16-15-39-26/h4-13,17,20H,3,14-16,18-19H2,1-2H3,(H,32,36)/t20-/m1/s1. The van der Waals surface area contributed by atoms with Crippen LogP contribution in [0.4, 0.5) is 5.69 Å². The van der Waals surface area contributed by atoms with Crippen LogP contribution in [0.1, 0.15) is 25.8 Å². The number of amides is 2. The average molecular weight is 621 g/mol. The van der Waals surface area contributed by atoms with Crippen LogP contribution in [-0.4, -0.2) is 57.5 Å². The van der Waals surface area contributed by atoms with Crippen LogP contribution < -0.4 is 19.1 Å². The van der Waals surface area contributed by atoms with Gasteiger partial charge in [-0.1, -0.05) is 54.4 Å². The Hall–Kier alpha value is -3.47. The second-order valence-corrected chi connectivity index (χ2v) is 12.0. The van der Waals surface area contributed by atoms with E-state index in [1.165, 1.54) is 23.1 Å². The van der Waals surface area contributed by atoms with Gasteiger partial charge in [0.15, 0.2) is 11.5 Å². The number of fused-ring (bicyclic) bond motifs is 1. The van der Waals surface area contributed by atoms with E-state index in [2.05, 4.69) is 5.32 Å². The second kappa shape index (κ2) is 13.5. The molecule has 218 valence electrons. The smallest absolute Gasteiger partial charge is 0.264 e. The number of nitrogens with one attached hydrogen (secondary N) is 1. The highest BCUT2D eigenvalue weighted by atomic mass is 35.5. The molecule has 0 radical (unpaired) electrons. The fourth-order valence-corrected chi connectivity index (χ4v) is 6.21. The minimum Gasteiger partial charge on any atom is -0.486 e. The van der Waals surface area contributed by atoms with Gasteiger partial charge in [0.05, 0.1) is 10.6 Å². The summed E-state index contributed by atoms with van der Waals surface area (Å²) in [5.74, 6) is -0.184. The highest BCUT2D eigenvalue weighted by molar-refractivity contribution is 7.92. The van der Waals surface area contributed by atoms with Crippen molar-refractivity contribution in [3.05, 3.63) is 82.3 Å². The summed E-state index contributed by atoms with van der Waals surface area (Å²) in [6.45, 7) is 3.86. The van der Waals surface area contributed by atoms with Crippen molar-refractivity contribution in [2.24, 2.45) is 0 Å². The molecule has 3 aromatic rings. The molecule has 0 saturated heterocycles. The Labute approximate surface area is 250 Å². The first kappa shape index (κ1) is 30.5. The number of nitrogens with zero attached hydrogens (tertiary/aromatic N) is 2. The van der Waals surface area contributed by atoms with Crippen molar-refractivity contribution < 1.29 is 27.5 Å². The number of benzene rings is 3. The Balaban J connectivity index is 1.75. The van der Waals surface area contributed by atoms with Crippen LogP contribution in [0.3, 0.4) is 0 Å². The van der Waals surface area contributed by atoms with E-state index >= 15 is 0 Å². The summed E-state index contributed by atoms with van der Waals surface area (Å²) in [5, 5.41) is 3.43. The van der Waals surface area contributed by atoms with Gasteiger partial charge in [-0.3, -0.25) is 13.9 Å². The largest absolute Gasteiger partial charge is 0.486 e. The lowest BCUT2D eigenvalue weighted by atomic mass is 10.1. The van der Waals surface area contributed by atoms with Gasteiger partial charge in [-0.2, -0.15) is 0 Å². The van der Waals surface area contributed by atoms with E-state index in [-0.39, 0.29) is 23.0 Å². The van der Waals surface area contributed by atoms with Crippen LogP contribution in [0.15, 0.2) is 71.6 Å². The second-order valence-electron chi connectivity index (χ2n) is 9.34. The first-order valence-corrected chi connectivity index (χ1v) is 15.3. The predicted molar refractivity (Wildman–Crippen MR) is 158 cm³/mol. The SMILES string of the molecule is CCCNC(=O)[C@@H](C)N(Cc1c(Cl)cccc1Cl)C(=O)CN(c1ccc2c(c1)OCCO2)S(=O)(=O)c1ccccc1. The molecule has 4 rings (SSSR count). The Bertz CT molecular complexity index is 1480. The van der Waals surface area contributed by atoms with Crippen LogP contribution in [0.5, 0.6) is 11.5 Å². The van der Waals surface area contributed by atoms with Gasteiger partial charge in [0.25, 0.3) is 10.0 Å². The van der Waals surface area contributed by atoms with Crippen molar-refractivity contribution in [3.63, 3.8) is 0 Å². The molecule has 1 N–H and O–H groups in total. The number of ether oxygens (including phenoxy) is 2. The first-order chi connectivity index (χ1) is 19.6. The maximum absolute atomic E-state index is 14.0. The van der Waals surface area contributed by atoms with Crippen molar-refractivity contribution in [2.75, 3.05) is 30.6 Å². The lowest BCUT2D eigenvalue weighted by Crippen LogP contribution is -2.51. The maximum Gasteiger partial charge on any atom is 0.264 e. The quantitative estimate of drug-likeness (QED) is 0.327. The third-order valence-electron chi connectivity index (χ3n) is 6.53. The molecule has 41 heavy (non-hydrogen) atoms. The molecule has 1 atom stereocenters. The van der Waals surface area contributed by atoms with Crippen LogP contribution in [0.2, 0.25) is 10.0 Å². The number of carbonyl (C=O) groups excluding carboxylic acids is 2. The van der Waals surface area contributed by atoms with Crippen LogP contribution in [0.25, 0.3) is 0 Å². The van der Waals surface area contributed by atoms with Gasteiger partial charge in [0, 0.05) is 34.8 Å². The molecular formula is C29H31Cl2N3O6S. The van der Waals surface area contributed by atoms with E-state index in [1.54, 1.807) is 55.5 Å².